The third kappa shape index (κ3) is 3.55. The molecule has 0 aromatic heterocycles. The molecule has 1 unspecified atom stereocenters. The molecule has 0 saturated carbocycles. The first-order chi connectivity index (χ1) is 5.50. The molecular formula is C10H24N2. The summed E-state index contributed by atoms with van der Waals surface area (Å²) >= 11 is 0. The number of rotatable bonds is 5. The van der Waals surface area contributed by atoms with Crippen molar-refractivity contribution in [3.63, 3.8) is 0 Å². The Morgan fingerprint density at radius 3 is 1.67 bits per heavy atom. The molecule has 0 bridgehead atoms. The summed E-state index contributed by atoms with van der Waals surface area (Å²) in [5, 5.41) is 3.43. The Kier molecular flexibility index (Phi) is 5.51. The van der Waals surface area contributed by atoms with E-state index in [9.17, 15) is 0 Å². The van der Waals surface area contributed by atoms with Crippen molar-refractivity contribution < 1.29 is 0 Å². The number of hydrogen-bond donors (Lipinski definition) is 1. The first-order valence-corrected chi connectivity index (χ1v) is 5.01. The van der Waals surface area contributed by atoms with Gasteiger partial charge in [0.15, 0.2) is 0 Å². The van der Waals surface area contributed by atoms with Crippen LogP contribution >= 0.6 is 0 Å². The minimum Gasteiger partial charge on any atom is -0.302 e. The van der Waals surface area contributed by atoms with Crippen LogP contribution in [0.25, 0.3) is 0 Å². The Bertz CT molecular complexity index is 102. The van der Waals surface area contributed by atoms with Gasteiger partial charge < -0.3 is 5.32 Å². The third-order valence-corrected chi connectivity index (χ3v) is 2.14. The van der Waals surface area contributed by atoms with Crippen LogP contribution in [0.4, 0.5) is 0 Å². The standard InChI is InChI=1S/C10H24N2/c1-7-11-10(6)12(8(2)3)9(4)5/h8-11H,7H2,1-6H3. The lowest BCUT2D eigenvalue weighted by Crippen LogP contribution is -2.50. The Labute approximate surface area is 77.3 Å². The Hall–Kier alpha value is -0.0800. The summed E-state index contributed by atoms with van der Waals surface area (Å²) < 4.78 is 0. The van der Waals surface area contributed by atoms with Crippen molar-refractivity contribution in [2.24, 2.45) is 0 Å². The lowest BCUT2D eigenvalue weighted by atomic mass is 10.2. The molecule has 0 saturated heterocycles. The fourth-order valence-electron chi connectivity index (χ4n) is 1.89. The van der Waals surface area contributed by atoms with Crippen molar-refractivity contribution in [1.29, 1.82) is 0 Å². The van der Waals surface area contributed by atoms with Crippen LogP contribution in [0, 0.1) is 0 Å². The van der Waals surface area contributed by atoms with Gasteiger partial charge in [0.2, 0.25) is 0 Å². The summed E-state index contributed by atoms with van der Waals surface area (Å²) in [6.07, 6.45) is 0.481. The van der Waals surface area contributed by atoms with Crippen molar-refractivity contribution in [2.75, 3.05) is 6.54 Å². The molecular weight excluding hydrogens is 148 g/mol. The van der Waals surface area contributed by atoms with Crippen LogP contribution in [-0.2, 0) is 0 Å². The molecule has 0 spiro atoms. The molecule has 0 rings (SSSR count). The largest absolute Gasteiger partial charge is 0.302 e. The smallest absolute Gasteiger partial charge is 0.0572 e. The molecule has 0 aromatic carbocycles. The molecule has 12 heavy (non-hydrogen) atoms. The molecule has 1 N–H and O–H groups in total. The fourth-order valence-corrected chi connectivity index (χ4v) is 1.89. The quantitative estimate of drug-likeness (QED) is 0.639. The van der Waals surface area contributed by atoms with Gasteiger partial charge in [-0.05, 0) is 41.2 Å². The first-order valence-electron chi connectivity index (χ1n) is 5.01. The van der Waals surface area contributed by atoms with Crippen molar-refractivity contribution >= 4 is 0 Å². The van der Waals surface area contributed by atoms with Crippen LogP contribution in [0.3, 0.4) is 0 Å². The maximum atomic E-state index is 3.43. The number of nitrogens with zero attached hydrogens (tertiary/aromatic N) is 1. The molecule has 0 aliphatic heterocycles. The second-order valence-electron chi connectivity index (χ2n) is 3.87. The predicted octanol–water partition coefficient (Wildman–Crippen LogP) is 2.06. The third-order valence-electron chi connectivity index (χ3n) is 2.14. The van der Waals surface area contributed by atoms with Gasteiger partial charge in [0.1, 0.15) is 0 Å². The molecule has 1 atom stereocenters. The lowest BCUT2D eigenvalue weighted by Gasteiger charge is -2.36. The monoisotopic (exact) mass is 172 g/mol. The summed E-state index contributed by atoms with van der Waals surface area (Å²) in [7, 11) is 0. The Balaban J connectivity index is 4.09. The molecule has 0 heterocycles. The summed E-state index contributed by atoms with van der Waals surface area (Å²) in [6, 6.07) is 1.22. The number of nitrogens with one attached hydrogen (secondary N) is 1. The van der Waals surface area contributed by atoms with Gasteiger partial charge >= 0.3 is 0 Å². The van der Waals surface area contributed by atoms with E-state index in [4.69, 9.17) is 0 Å². The van der Waals surface area contributed by atoms with E-state index in [1.54, 1.807) is 0 Å². The van der Waals surface area contributed by atoms with Crippen molar-refractivity contribution in [2.45, 2.75) is 59.8 Å². The van der Waals surface area contributed by atoms with Crippen LogP contribution in [0.2, 0.25) is 0 Å². The highest BCUT2D eigenvalue weighted by Crippen LogP contribution is 2.08. The number of hydrogen-bond acceptors (Lipinski definition) is 2. The van der Waals surface area contributed by atoms with Crippen molar-refractivity contribution in [3.05, 3.63) is 0 Å². The average molecular weight is 172 g/mol. The highest BCUT2D eigenvalue weighted by Gasteiger charge is 2.18. The van der Waals surface area contributed by atoms with Crippen LogP contribution in [0.1, 0.15) is 41.5 Å². The normalized spacial score (nSPS) is 14.8. The van der Waals surface area contributed by atoms with Crippen LogP contribution < -0.4 is 5.32 Å². The lowest BCUT2D eigenvalue weighted by molar-refractivity contribution is 0.102. The molecule has 2 nitrogen and oxygen atoms in total. The van der Waals surface area contributed by atoms with Crippen LogP contribution in [0.15, 0.2) is 0 Å². The molecule has 0 aliphatic rings. The Morgan fingerprint density at radius 2 is 1.42 bits per heavy atom. The summed E-state index contributed by atoms with van der Waals surface area (Å²) in [5.74, 6) is 0. The maximum Gasteiger partial charge on any atom is 0.0572 e. The predicted molar refractivity (Wildman–Crippen MR) is 55.2 cm³/mol. The average Bonchev–Trinajstić information content (AvgIpc) is 1.85. The minimum atomic E-state index is 0.481. The molecule has 0 aromatic rings. The maximum absolute atomic E-state index is 3.43. The van der Waals surface area contributed by atoms with E-state index in [2.05, 4.69) is 51.8 Å². The molecule has 74 valence electrons. The molecule has 0 radical (unpaired) electrons. The van der Waals surface area contributed by atoms with Crippen molar-refractivity contribution in [3.8, 4) is 0 Å². The fraction of sp³-hybridized carbons (Fsp3) is 1.00. The summed E-state index contributed by atoms with van der Waals surface area (Å²) in [4.78, 5) is 2.48. The van der Waals surface area contributed by atoms with Crippen molar-refractivity contribution in [1.82, 2.24) is 10.2 Å². The van der Waals surface area contributed by atoms with E-state index < -0.39 is 0 Å². The zero-order valence-electron chi connectivity index (χ0n) is 9.39. The SMILES string of the molecule is CCNC(C)N(C(C)C)C(C)C. The molecule has 2 heteroatoms. The van der Waals surface area contributed by atoms with Gasteiger partial charge in [-0.15, -0.1) is 0 Å². The van der Waals surface area contributed by atoms with Gasteiger partial charge in [-0.25, -0.2) is 0 Å². The van der Waals surface area contributed by atoms with E-state index in [1.807, 2.05) is 0 Å². The minimum absolute atomic E-state index is 0.481. The summed E-state index contributed by atoms with van der Waals surface area (Å²) in [6.45, 7) is 14.4. The summed E-state index contributed by atoms with van der Waals surface area (Å²) in [5.41, 5.74) is 0. The Morgan fingerprint density at radius 1 is 1.00 bits per heavy atom. The topological polar surface area (TPSA) is 15.3 Å². The highest BCUT2D eigenvalue weighted by molar-refractivity contribution is 4.72. The zero-order valence-corrected chi connectivity index (χ0v) is 9.39. The van der Waals surface area contributed by atoms with Gasteiger partial charge in [-0.1, -0.05) is 6.92 Å². The van der Waals surface area contributed by atoms with Crippen LogP contribution in [-0.4, -0.2) is 29.7 Å². The molecule has 0 aliphatic carbocycles. The van der Waals surface area contributed by atoms with Gasteiger partial charge in [0.05, 0.1) is 6.17 Å². The van der Waals surface area contributed by atoms with Gasteiger partial charge in [0, 0.05) is 12.1 Å². The van der Waals surface area contributed by atoms with E-state index in [0.29, 0.717) is 18.2 Å². The zero-order chi connectivity index (χ0) is 9.72. The van der Waals surface area contributed by atoms with Crippen LogP contribution in [0.5, 0.6) is 0 Å². The van der Waals surface area contributed by atoms with Gasteiger partial charge in [0.25, 0.3) is 0 Å². The van der Waals surface area contributed by atoms with Gasteiger partial charge in [-0.3, -0.25) is 4.90 Å². The van der Waals surface area contributed by atoms with E-state index in [-0.39, 0.29) is 0 Å². The molecule has 0 amide bonds. The van der Waals surface area contributed by atoms with E-state index in [1.165, 1.54) is 0 Å². The molecule has 0 fully saturated rings. The van der Waals surface area contributed by atoms with Gasteiger partial charge in [-0.2, -0.15) is 0 Å². The highest BCUT2D eigenvalue weighted by atomic mass is 15.3. The second-order valence-corrected chi connectivity index (χ2v) is 3.87. The van der Waals surface area contributed by atoms with E-state index in [0.717, 1.165) is 6.54 Å². The first kappa shape index (κ1) is 11.9. The van der Waals surface area contributed by atoms with E-state index >= 15 is 0 Å². The second kappa shape index (κ2) is 5.55.